The Labute approximate surface area is 121 Å². The molecule has 0 aliphatic carbocycles. The van der Waals surface area contributed by atoms with Crippen LogP contribution >= 0.6 is 0 Å². The molecule has 0 radical (unpaired) electrons. The van der Waals surface area contributed by atoms with Crippen molar-refractivity contribution >= 4 is 16.6 Å². The third-order valence-electron chi connectivity index (χ3n) is 3.55. The second kappa shape index (κ2) is 6.71. The molecule has 1 aromatic heterocycles. The normalized spacial score (nSPS) is 12.6. The number of anilines is 1. The zero-order valence-corrected chi connectivity index (χ0v) is 12.6. The maximum atomic E-state index is 9.46. The number of benzene rings is 1. The van der Waals surface area contributed by atoms with Gasteiger partial charge in [0, 0.05) is 30.4 Å². The molecule has 0 bridgehead atoms. The van der Waals surface area contributed by atoms with Crippen molar-refractivity contribution < 1.29 is 5.11 Å². The van der Waals surface area contributed by atoms with E-state index in [1.54, 1.807) is 0 Å². The molecule has 0 aliphatic rings. The number of pyridine rings is 1. The smallest absolute Gasteiger partial charge is 0.0726 e. The molecule has 0 amide bonds. The van der Waals surface area contributed by atoms with Gasteiger partial charge in [0.05, 0.1) is 11.6 Å². The molecule has 20 heavy (non-hydrogen) atoms. The fourth-order valence-electron chi connectivity index (χ4n) is 2.41. The van der Waals surface area contributed by atoms with Crippen molar-refractivity contribution in [2.75, 3.05) is 18.5 Å². The van der Waals surface area contributed by atoms with E-state index in [1.807, 2.05) is 13.0 Å². The van der Waals surface area contributed by atoms with Gasteiger partial charge >= 0.3 is 0 Å². The van der Waals surface area contributed by atoms with Crippen molar-refractivity contribution in [2.24, 2.45) is 0 Å². The Bertz CT molecular complexity index is 566. The highest BCUT2D eigenvalue weighted by Crippen LogP contribution is 2.26. The third kappa shape index (κ3) is 3.48. The van der Waals surface area contributed by atoms with Gasteiger partial charge in [0.2, 0.25) is 0 Å². The van der Waals surface area contributed by atoms with Crippen molar-refractivity contribution in [3.63, 3.8) is 0 Å². The van der Waals surface area contributed by atoms with Crippen LogP contribution in [0.25, 0.3) is 10.9 Å². The Morgan fingerprint density at radius 1 is 1.30 bits per heavy atom. The van der Waals surface area contributed by atoms with Gasteiger partial charge in [0.25, 0.3) is 0 Å². The minimum atomic E-state index is -0.263. The lowest BCUT2D eigenvalue weighted by Crippen LogP contribution is -2.22. The molecule has 1 N–H and O–H groups in total. The third-order valence-corrected chi connectivity index (χ3v) is 3.55. The van der Waals surface area contributed by atoms with Gasteiger partial charge in [-0.2, -0.15) is 0 Å². The van der Waals surface area contributed by atoms with Crippen molar-refractivity contribution in [1.29, 1.82) is 0 Å². The lowest BCUT2D eigenvalue weighted by molar-refractivity contribution is 0.187. The van der Waals surface area contributed by atoms with Crippen LogP contribution in [0, 0.1) is 0 Å². The van der Waals surface area contributed by atoms with Crippen LogP contribution in [0.5, 0.6) is 0 Å². The molecule has 0 aliphatic heterocycles. The maximum Gasteiger partial charge on any atom is 0.0726 e. The predicted molar refractivity (Wildman–Crippen MR) is 85.3 cm³/mol. The van der Waals surface area contributed by atoms with Crippen LogP contribution in [0.1, 0.15) is 32.4 Å². The Hall–Kier alpha value is -1.61. The summed E-state index contributed by atoms with van der Waals surface area (Å²) < 4.78 is 0. The molecule has 1 unspecified atom stereocenters. The van der Waals surface area contributed by atoms with Gasteiger partial charge < -0.3 is 10.0 Å². The minimum Gasteiger partial charge on any atom is -0.393 e. The number of hydrogen-bond acceptors (Lipinski definition) is 3. The molecule has 2 rings (SSSR count). The van der Waals surface area contributed by atoms with Crippen molar-refractivity contribution in [2.45, 2.75) is 39.2 Å². The first-order chi connectivity index (χ1) is 9.61. The number of fused-ring (bicyclic) bond motifs is 1. The first kappa shape index (κ1) is 14.8. The first-order valence-electron chi connectivity index (χ1n) is 7.39. The molecule has 0 saturated carbocycles. The summed E-state index contributed by atoms with van der Waals surface area (Å²) in [5.41, 5.74) is 3.40. The quantitative estimate of drug-likeness (QED) is 0.875. The molecule has 1 heterocycles. The molecule has 3 heteroatoms. The number of rotatable bonds is 6. The van der Waals surface area contributed by atoms with Crippen molar-refractivity contribution in [1.82, 2.24) is 4.98 Å². The standard InChI is InChI=1S/C17H24N2O/c1-4-7-14-12-17(19(3)11-10-13(2)20)15-8-5-6-9-16(15)18-14/h5-6,8-9,12-13,20H,4,7,10-11H2,1-3H3. The van der Waals surface area contributed by atoms with Gasteiger partial charge in [0.15, 0.2) is 0 Å². The molecule has 3 nitrogen and oxygen atoms in total. The summed E-state index contributed by atoms with van der Waals surface area (Å²) in [6.45, 7) is 4.85. The van der Waals surface area contributed by atoms with Gasteiger partial charge in [-0.15, -0.1) is 0 Å². The van der Waals surface area contributed by atoms with E-state index in [2.05, 4.69) is 43.1 Å². The number of aryl methyl sites for hydroxylation is 1. The average molecular weight is 272 g/mol. The molecule has 0 saturated heterocycles. The molecular weight excluding hydrogens is 248 g/mol. The second-order valence-electron chi connectivity index (χ2n) is 5.46. The number of aliphatic hydroxyl groups is 1. The van der Waals surface area contributed by atoms with E-state index < -0.39 is 0 Å². The second-order valence-corrected chi connectivity index (χ2v) is 5.46. The van der Waals surface area contributed by atoms with Crippen LogP contribution in [0.2, 0.25) is 0 Å². The average Bonchev–Trinajstić information content (AvgIpc) is 2.44. The number of aromatic nitrogens is 1. The summed E-state index contributed by atoms with van der Waals surface area (Å²) in [6.07, 6.45) is 2.61. The zero-order chi connectivity index (χ0) is 14.5. The van der Waals surface area contributed by atoms with Crippen molar-refractivity contribution in [3.05, 3.63) is 36.0 Å². The van der Waals surface area contributed by atoms with Gasteiger partial charge in [0.1, 0.15) is 0 Å². The predicted octanol–water partition coefficient (Wildman–Crippen LogP) is 3.39. The van der Waals surface area contributed by atoms with Crippen LogP contribution in [0.15, 0.2) is 30.3 Å². The van der Waals surface area contributed by atoms with Crippen LogP contribution in [0.4, 0.5) is 5.69 Å². The monoisotopic (exact) mass is 272 g/mol. The van der Waals surface area contributed by atoms with Gasteiger partial charge in [-0.3, -0.25) is 4.98 Å². The number of para-hydroxylation sites is 1. The summed E-state index contributed by atoms with van der Waals surface area (Å²) in [7, 11) is 2.08. The Balaban J connectivity index is 2.38. The topological polar surface area (TPSA) is 36.4 Å². The highest BCUT2D eigenvalue weighted by molar-refractivity contribution is 5.91. The number of nitrogens with zero attached hydrogens (tertiary/aromatic N) is 2. The van der Waals surface area contributed by atoms with E-state index in [0.29, 0.717) is 0 Å². The molecular formula is C17H24N2O. The Morgan fingerprint density at radius 3 is 2.75 bits per heavy atom. The molecule has 0 spiro atoms. The highest BCUT2D eigenvalue weighted by Gasteiger charge is 2.10. The van der Waals surface area contributed by atoms with E-state index >= 15 is 0 Å². The summed E-state index contributed by atoms with van der Waals surface area (Å²) in [4.78, 5) is 6.95. The first-order valence-corrected chi connectivity index (χ1v) is 7.39. The summed E-state index contributed by atoms with van der Waals surface area (Å²) in [5.74, 6) is 0. The van der Waals surface area contributed by atoms with E-state index in [1.165, 1.54) is 11.1 Å². The van der Waals surface area contributed by atoms with E-state index in [-0.39, 0.29) is 6.10 Å². The summed E-state index contributed by atoms with van der Waals surface area (Å²) in [6, 6.07) is 10.5. The largest absolute Gasteiger partial charge is 0.393 e. The molecule has 2 aromatic rings. The molecule has 1 atom stereocenters. The van der Waals surface area contributed by atoms with Gasteiger partial charge in [-0.05, 0) is 31.9 Å². The van der Waals surface area contributed by atoms with Crippen LogP contribution in [-0.2, 0) is 6.42 Å². The Morgan fingerprint density at radius 2 is 2.05 bits per heavy atom. The van der Waals surface area contributed by atoms with Gasteiger partial charge in [-0.25, -0.2) is 0 Å². The number of hydrogen-bond donors (Lipinski definition) is 1. The fraction of sp³-hybridized carbons (Fsp3) is 0.471. The van der Waals surface area contributed by atoms with Gasteiger partial charge in [-0.1, -0.05) is 31.5 Å². The summed E-state index contributed by atoms with van der Waals surface area (Å²) >= 11 is 0. The number of aliphatic hydroxyl groups excluding tert-OH is 1. The SMILES string of the molecule is CCCc1cc(N(C)CCC(C)O)c2ccccc2n1. The fourth-order valence-corrected chi connectivity index (χ4v) is 2.41. The summed E-state index contributed by atoms with van der Waals surface area (Å²) in [5, 5.41) is 10.6. The lowest BCUT2D eigenvalue weighted by Gasteiger charge is -2.22. The Kier molecular flexibility index (Phi) is 4.96. The maximum absolute atomic E-state index is 9.46. The van der Waals surface area contributed by atoms with Crippen LogP contribution in [-0.4, -0.2) is 29.8 Å². The lowest BCUT2D eigenvalue weighted by atomic mass is 10.1. The zero-order valence-electron chi connectivity index (χ0n) is 12.6. The molecule has 1 aromatic carbocycles. The van der Waals surface area contributed by atoms with Crippen molar-refractivity contribution in [3.8, 4) is 0 Å². The molecule has 108 valence electrons. The van der Waals surface area contributed by atoms with E-state index in [0.717, 1.165) is 37.0 Å². The molecule has 0 fully saturated rings. The van der Waals surface area contributed by atoms with E-state index in [9.17, 15) is 5.11 Å². The minimum absolute atomic E-state index is 0.263. The van der Waals surface area contributed by atoms with E-state index in [4.69, 9.17) is 4.98 Å². The van der Waals surface area contributed by atoms with Crippen LogP contribution in [0.3, 0.4) is 0 Å². The highest BCUT2D eigenvalue weighted by atomic mass is 16.3. The van der Waals surface area contributed by atoms with Crippen LogP contribution < -0.4 is 4.90 Å².